The van der Waals surface area contributed by atoms with Crippen LogP contribution in [0, 0.1) is 5.82 Å². The third kappa shape index (κ3) is 7.48. The van der Waals surface area contributed by atoms with E-state index in [-0.39, 0.29) is 31.5 Å². The lowest BCUT2D eigenvalue weighted by atomic mass is 10.2. The van der Waals surface area contributed by atoms with Crippen LogP contribution < -0.4 is 19.9 Å². The second-order valence-corrected chi connectivity index (χ2v) is 11.1. The minimum absolute atomic E-state index is 0.0459. The Morgan fingerprint density at radius 3 is 2.38 bits per heavy atom. The van der Waals surface area contributed by atoms with Crippen LogP contribution in [0.15, 0.2) is 42.5 Å². The molecule has 12 heteroatoms. The van der Waals surface area contributed by atoms with Crippen molar-refractivity contribution >= 4 is 29.3 Å². The number of nitrogens with one attached hydrogen (secondary N) is 1. The third-order valence-corrected chi connectivity index (χ3v) is 7.96. The molecule has 0 bridgehead atoms. The molecule has 1 unspecified atom stereocenters. The zero-order valence-corrected chi connectivity index (χ0v) is 24.3. The molecule has 5 rings (SSSR count). The molecule has 1 atom stereocenters. The van der Waals surface area contributed by atoms with Crippen LogP contribution in [0.4, 0.5) is 20.6 Å². The smallest absolute Gasteiger partial charge is 0.414 e. The molecule has 11 nitrogen and oxygen atoms in total. The molecule has 2 aromatic rings. The summed E-state index contributed by atoms with van der Waals surface area (Å²) in [4.78, 5) is 46.0. The number of cyclic esters (lactones) is 1. The van der Waals surface area contributed by atoms with E-state index in [4.69, 9.17) is 9.47 Å². The normalized spacial score (nSPS) is 20.0. The number of ether oxygens (including phenoxy) is 2. The molecule has 226 valence electrons. The monoisotopic (exact) mass is 582 g/mol. The van der Waals surface area contributed by atoms with Gasteiger partial charge in [0, 0.05) is 65.8 Å². The Hall–Kier alpha value is -3.90. The highest BCUT2D eigenvalue weighted by Gasteiger charge is 2.33. The van der Waals surface area contributed by atoms with Gasteiger partial charge in [-0.15, -0.1) is 0 Å². The number of anilines is 2. The quantitative estimate of drug-likeness (QED) is 0.478. The van der Waals surface area contributed by atoms with Crippen LogP contribution >= 0.6 is 0 Å². The van der Waals surface area contributed by atoms with Gasteiger partial charge in [0.15, 0.2) is 6.61 Å². The first kappa shape index (κ1) is 29.6. The van der Waals surface area contributed by atoms with Crippen LogP contribution in [0.3, 0.4) is 0 Å². The van der Waals surface area contributed by atoms with E-state index < -0.39 is 18.0 Å². The summed E-state index contributed by atoms with van der Waals surface area (Å²) in [7, 11) is 2.15. The Labute approximate surface area is 245 Å². The van der Waals surface area contributed by atoms with E-state index in [0.717, 1.165) is 32.7 Å². The Kier molecular flexibility index (Phi) is 9.43. The average Bonchev–Trinajstić information content (AvgIpc) is 3.37. The lowest BCUT2D eigenvalue weighted by Crippen LogP contribution is -2.50. The van der Waals surface area contributed by atoms with E-state index in [1.165, 1.54) is 23.5 Å². The number of amides is 3. The molecular formula is C30H39FN6O5. The van der Waals surface area contributed by atoms with Gasteiger partial charge in [-0.2, -0.15) is 0 Å². The highest BCUT2D eigenvalue weighted by Crippen LogP contribution is 2.28. The second kappa shape index (κ2) is 13.4. The maximum Gasteiger partial charge on any atom is 0.414 e. The first-order valence-electron chi connectivity index (χ1n) is 14.4. The summed E-state index contributed by atoms with van der Waals surface area (Å²) in [5, 5.41) is 2.62. The van der Waals surface area contributed by atoms with Gasteiger partial charge in [-0.25, -0.2) is 9.18 Å². The van der Waals surface area contributed by atoms with Crippen LogP contribution in [-0.4, -0.2) is 118 Å². The Balaban J connectivity index is 1.06. The fourth-order valence-electron chi connectivity index (χ4n) is 5.40. The molecule has 3 aliphatic rings. The van der Waals surface area contributed by atoms with Crippen molar-refractivity contribution in [2.24, 2.45) is 0 Å². The molecule has 42 heavy (non-hydrogen) atoms. The maximum absolute atomic E-state index is 15.1. The third-order valence-electron chi connectivity index (χ3n) is 7.96. The summed E-state index contributed by atoms with van der Waals surface area (Å²) in [5.74, 6) is -0.108. The molecule has 2 aromatic carbocycles. The van der Waals surface area contributed by atoms with Crippen LogP contribution in [0.25, 0.3) is 0 Å². The molecule has 3 saturated heterocycles. The van der Waals surface area contributed by atoms with Crippen molar-refractivity contribution in [1.29, 1.82) is 0 Å². The van der Waals surface area contributed by atoms with E-state index in [0.29, 0.717) is 43.3 Å². The largest absolute Gasteiger partial charge is 0.484 e. The van der Waals surface area contributed by atoms with Gasteiger partial charge in [-0.05, 0) is 42.9 Å². The highest BCUT2D eigenvalue weighted by atomic mass is 19.1. The van der Waals surface area contributed by atoms with E-state index >= 15 is 4.39 Å². The number of carbonyl (C=O) groups is 3. The molecule has 3 heterocycles. The molecule has 0 spiro atoms. The Morgan fingerprint density at radius 2 is 1.71 bits per heavy atom. The van der Waals surface area contributed by atoms with Gasteiger partial charge < -0.3 is 29.5 Å². The molecule has 0 saturated carbocycles. The molecule has 0 aromatic heterocycles. The lowest BCUT2D eigenvalue weighted by Gasteiger charge is -2.36. The second-order valence-electron chi connectivity index (χ2n) is 11.1. The molecule has 0 aliphatic carbocycles. The Morgan fingerprint density at radius 1 is 1.00 bits per heavy atom. The predicted octanol–water partition coefficient (Wildman–Crippen LogP) is 1.76. The summed E-state index contributed by atoms with van der Waals surface area (Å²) in [5.41, 5.74) is 2.03. The van der Waals surface area contributed by atoms with Crippen molar-refractivity contribution in [3.8, 4) is 5.75 Å². The fraction of sp³-hybridized carbons (Fsp3) is 0.500. The van der Waals surface area contributed by atoms with Crippen molar-refractivity contribution in [2.75, 3.05) is 88.9 Å². The van der Waals surface area contributed by atoms with Gasteiger partial charge in [0.05, 0.1) is 24.5 Å². The number of hydrogen-bond donors (Lipinski definition) is 1. The summed E-state index contributed by atoms with van der Waals surface area (Å²) in [6, 6.07) is 12.6. The highest BCUT2D eigenvalue weighted by molar-refractivity contribution is 5.90. The first-order valence-corrected chi connectivity index (χ1v) is 14.4. The zero-order valence-electron chi connectivity index (χ0n) is 24.3. The van der Waals surface area contributed by atoms with E-state index in [1.54, 1.807) is 17.0 Å². The van der Waals surface area contributed by atoms with Crippen LogP contribution in [0.2, 0.25) is 0 Å². The summed E-state index contributed by atoms with van der Waals surface area (Å²) >= 11 is 0. The van der Waals surface area contributed by atoms with Crippen molar-refractivity contribution < 1.29 is 28.2 Å². The van der Waals surface area contributed by atoms with Gasteiger partial charge in [0.25, 0.3) is 5.91 Å². The first-order chi connectivity index (χ1) is 20.2. The lowest BCUT2D eigenvalue weighted by molar-refractivity contribution is -0.133. The number of hydrogen-bond acceptors (Lipinski definition) is 8. The number of carbonyl (C=O) groups excluding carboxylic acids is 3. The minimum Gasteiger partial charge on any atom is -0.484 e. The number of benzene rings is 2. The summed E-state index contributed by atoms with van der Waals surface area (Å²) in [6.07, 6.45) is -1.07. The van der Waals surface area contributed by atoms with Crippen LogP contribution in [0.5, 0.6) is 5.75 Å². The molecule has 3 amide bonds. The SMILES string of the molecule is CC(=O)NCC1CN(c2ccc(N3CCN(C(=O)COc4ccc(CN5CCN(C)CC5)cc4)CC3)c(F)c2)C(=O)O1. The minimum atomic E-state index is -0.576. The zero-order chi connectivity index (χ0) is 29.6. The average molecular weight is 583 g/mol. The van der Waals surface area contributed by atoms with E-state index in [2.05, 4.69) is 22.2 Å². The molecule has 3 fully saturated rings. The fourth-order valence-corrected chi connectivity index (χ4v) is 5.40. The standard InChI is InChI=1S/C30H39FN6O5/c1-22(38)32-18-26-20-37(30(40)42-26)24-5-8-28(27(31)17-24)35-13-15-36(16-14-35)29(39)21-41-25-6-3-23(4-7-25)19-34-11-9-33(2)10-12-34/h3-8,17,26H,9-16,18-21H2,1-2H3,(H,32,38). The van der Waals surface area contributed by atoms with Crippen molar-refractivity contribution in [2.45, 2.75) is 19.6 Å². The molecule has 0 radical (unpaired) electrons. The number of nitrogens with zero attached hydrogens (tertiary/aromatic N) is 5. The van der Waals surface area contributed by atoms with E-state index in [9.17, 15) is 14.4 Å². The van der Waals surface area contributed by atoms with E-state index in [1.807, 2.05) is 29.2 Å². The van der Waals surface area contributed by atoms with Crippen molar-refractivity contribution in [1.82, 2.24) is 20.0 Å². The molecular weight excluding hydrogens is 543 g/mol. The van der Waals surface area contributed by atoms with Gasteiger partial charge in [-0.1, -0.05) is 12.1 Å². The van der Waals surface area contributed by atoms with Gasteiger partial charge >= 0.3 is 6.09 Å². The van der Waals surface area contributed by atoms with Crippen molar-refractivity contribution in [3.63, 3.8) is 0 Å². The van der Waals surface area contributed by atoms with Gasteiger partial charge in [-0.3, -0.25) is 19.4 Å². The summed E-state index contributed by atoms with van der Waals surface area (Å²) in [6.45, 7) is 8.84. The predicted molar refractivity (Wildman–Crippen MR) is 156 cm³/mol. The van der Waals surface area contributed by atoms with Crippen molar-refractivity contribution in [3.05, 3.63) is 53.8 Å². The topological polar surface area (TPSA) is 97.9 Å². The van der Waals surface area contributed by atoms with Gasteiger partial charge in [0.1, 0.15) is 17.7 Å². The summed E-state index contributed by atoms with van der Waals surface area (Å²) < 4.78 is 26.2. The molecule has 3 aliphatic heterocycles. The number of piperazine rings is 2. The number of halogens is 1. The number of likely N-dealkylation sites (N-methyl/N-ethyl adjacent to an activating group) is 1. The van der Waals surface area contributed by atoms with Crippen LogP contribution in [-0.2, 0) is 20.9 Å². The maximum atomic E-state index is 15.1. The Bertz CT molecular complexity index is 1260. The number of rotatable bonds is 9. The molecule has 1 N–H and O–H groups in total. The van der Waals surface area contributed by atoms with Gasteiger partial charge in [0.2, 0.25) is 5.91 Å². The van der Waals surface area contributed by atoms with Crippen LogP contribution in [0.1, 0.15) is 12.5 Å².